The summed E-state index contributed by atoms with van der Waals surface area (Å²) in [5.41, 5.74) is 1.44. The van der Waals surface area contributed by atoms with Gasteiger partial charge in [-0.3, -0.25) is 9.59 Å². The topological polar surface area (TPSA) is 93.7 Å². The van der Waals surface area contributed by atoms with E-state index in [-0.39, 0.29) is 11.8 Å². The minimum absolute atomic E-state index is 0.210. The lowest BCUT2D eigenvalue weighted by Gasteiger charge is -2.23. The summed E-state index contributed by atoms with van der Waals surface area (Å²) in [5, 5.41) is 7.18. The molecule has 2 amide bonds. The molecule has 29 heavy (non-hydrogen) atoms. The summed E-state index contributed by atoms with van der Waals surface area (Å²) in [5.74, 6) is -1.21. The zero-order valence-corrected chi connectivity index (χ0v) is 18.0. The van der Waals surface area contributed by atoms with E-state index in [1.807, 2.05) is 13.0 Å². The van der Waals surface area contributed by atoms with Crippen LogP contribution in [0.25, 0.3) is 0 Å². The van der Waals surface area contributed by atoms with Gasteiger partial charge in [-0.15, -0.1) is 11.3 Å². The Morgan fingerprint density at radius 3 is 2.41 bits per heavy atom. The molecule has 2 atom stereocenters. The summed E-state index contributed by atoms with van der Waals surface area (Å²) in [6.45, 7) is 6.96. The summed E-state index contributed by atoms with van der Waals surface area (Å²) in [7, 11) is 1.51. The molecule has 0 aliphatic carbocycles. The molecule has 156 valence electrons. The highest BCUT2D eigenvalue weighted by atomic mass is 32.1. The molecule has 0 unspecified atom stereocenters. The molecule has 0 aliphatic rings. The SMILES string of the molecule is COc1ccc(C)cc1NC(=O)[C@@H](C)OC(=O)[C@@H](NC(=O)c1cccs1)C(C)C. The maximum atomic E-state index is 12.6. The number of aryl methyl sites for hydroxylation is 1. The van der Waals surface area contributed by atoms with Crippen molar-refractivity contribution >= 4 is 34.8 Å². The molecule has 0 spiro atoms. The molecule has 7 nitrogen and oxygen atoms in total. The van der Waals surface area contributed by atoms with Crippen LogP contribution in [0.3, 0.4) is 0 Å². The highest BCUT2D eigenvalue weighted by Crippen LogP contribution is 2.25. The van der Waals surface area contributed by atoms with Crippen molar-refractivity contribution in [3.05, 3.63) is 46.2 Å². The number of carbonyl (C=O) groups is 3. The Balaban J connectivity index is 2.02. The van der Waals surface area contributed by atoms with Crippen molar-refractivity contribution < 1.29 is 23.9 Å². The van der Waals surface area contributed by atoms with E-state index in [0.717, 1.165) is 5.56 Å². The number of benzene rings is 1. The van der Waals surface area contributed by atoms with Gasteiger partial charge in [-0.05, 0) is 48.9 Å². The molecular formula is C21H26N2O5S. The first-order chi connectivity index (χ1) is 13.7. The Labute approximate surface area is 174 Å². The molecular weight excluding hydrogens is 392 g/mol. The van der Waals surface area contributed by atoms with Crippen LogP contribution in [-0.4, -0.2) is 37.0 Å². The molecule has 2 aromatic rings. The highest BCUT2D eigenvalue weighted by Gasteiger charge is 2.29. The Morgan fingerprint density at radius 2 is 1.83 bits per heavy atom. The van der Waals surface area contributed by atoms with E-state index in [9.17, 15) is 14.4 Å². The zero-order chi connectivity index (χ0) is 21.6. The average Bonchev–Trinajstić information content (AvgIpc) is 3.20. The number of methoxy groups -OCH3 is 1. The van der Waals surface area contributed by atoms with Gasteiger partial charge in [-0.1, -0.05) is 26.0 Å². The van der Waals surface area contributed by atoms with Crippen LogP contribution in [0.15, 0.2) is 35.7 Å². The van der Waals surface area contributed by atoms with Crippen LogP contribution < -0.4 is 15.4 Å². The Morgan fingerprint density at radius 1 is 1.10 bits per heavy atom. The number of hydrogen-bond acceptors (Lipinski definition) is 6. The number of esters is 1. The summed E-state index contributed by atoms with van der Waals surface area (Å²) in [4.78, 5) is 37.9. The Kier molecular flexibility index (Phi) is 7.78. The van der Waals surface area contributed by atoms with Crippen LogP contribution in [0.2, 0.25) is 0 Å². The molecule has 0 saturated heterocycles. The Hall–Kier alpha value is -2.87. The van der Waals surface area contributed by atoms with E-state index < -0.39 is 24.0 Å². The largest absolute Gasteiger partial charge is 0.495 e. The quantitative estimate of drug-likeness (QED) is 0.641. The van der Waals surface area contributed by atoms with Gasteiger partial charge in [-0.25, -0.2) is 4.79 Å². The number of thiophene rings is 1. The number of ether oxygens (including phenoxy) is 2. The van der Waals surface area contributed by atoms with Crippen molar-refractivity contribution in [2.24, 2.45) is 5.92 Å². The van der Waals surface area contributed by atoms with Gasteiger partial charge in [0.2, 0.25) is 0 Å². The van der Waals surface area contributed by atoms with Crippen molar-refractivity contribution in [1.29, 1.82) is 0 Å². The number of amides is 2. The second-order valence-electron chi connectivity index (χ2n) is 6.94. The standard InChI is InChI=1S/C21H26N2O5S/c1-12(2)18(23-20(25)17-7-6-10-29-17)21(26)28-14(4)19(24)22-15-11-13(3)8-9-16(15)27-5/h6-12,14,18H,1-5H3,(H,22,24)(H,23,25)/t14-,18+/m1/s1. The molecule has 2 rings (SSSR count). The molecule has 0 aliphatic heterocycles. The molecule has 1 heterocycles. The first-order valence-electron chi connectivity index (χ1n) is 9.23. The summed E-state index contributed by atoms with van der Waals surface area (Å²) in [6, 6.07) is 7.94. The number of rotatable bonds is 8. The normalized spacial score (nSPS) is 12.8. The van der Waals surface area contributed by atoms with Crippen molar-refractivity contribution in [2.45, 2.75) is 39.8 Å². The van der Waals surface area contributed by atoms with Crippen molar-refractivity contribution in [2.75, 3.05) is 12.4 Å². The molecule has 2 N–H and O–H groups in total. The van der Waals surface area contributed by atoms with Crippen LogP contribution in [0.4, 0.5) is 5.69 Å². The predicted molar refractivity (Wildman–Crippen MR) is 112 cm³/mol. The minimum atomic E-state index is -1.05. The fourth-order valence-corrected chi connectivity index (χ4v) is 3.20. The second kappa shape index (κ2) is 10.1. The van der Waals surface area contributed by atoms with E-state index in [2.05, 4.69) is 10.6 Å². The van der Waals surface area contributed by atoms with Gasteiger partial charge in [0.05, 0.1) is 17.7 Å². The number of nitrogens with one attached hydrogen (secondary N) is 2. The van der Waals surface area contributed by atoms with Crippen LogP contribution in [-0.2, 0) is 14.3 Å². The maximum Gasteiger partial charge on any atom is 0.329 e. The monoisotopic (exact) mass is 418 g/mol. The first kappa shape index (κ1) is 22.4. The van der Waals surface area contributed by atoms with Gasteiger partial charge in [0.25, 0.3) is 11.8 Å². The first-order valence-corrected chi connectivity index (χ1v) is 10.1. The summed E-state index contributed by atoms with van der Waals surface area (Å²) < 4.78 is 10.6. The van der Waals surface area contributed by atoms with E-state index in [1.165, 1.54) is 25.4 Å². The lowest BCUT2D eigenvalue weighted by atomic mass is 10.0. The predicted octanol–water partition coefficient (Wildman–Crippen LogP) is 3.39. The third-order valence-corrected chi connectivity index (χ3v) is 5.10. The van der Waals surface area contributed by atoms with Gasteiger partial charge in [0.15, 0.2) is 6.10 Å². The van der Waals surface area contributed by atoms with Crippen LogP contribution >= 0.6 is 11.3 Å². The van der Waals surface area contributed by atoms with Crippen LogP contribution in [0.5, 0.6) is 5.75 Å². The molecule has 0 fully saturated rings. The minimum Gasteiger partial charge on any atom is -0.495 e. The van der Waals surface area contributed by atoms with Crippen LogP contribution in [0.1, 0.15) is 36.0 Å². The van der Waals surface area contributed by atoms with Gasteiger partial charge in [-0.2, -0.15) is 0 Å². The molecule has 0 radical (unpaired) electrons. The van der Waals surface area contributed by atoms with E-state index in [0.29, 0.717) is 16.3 Å². The number of carbonyl (C=O) groups excluding carboxylic acids is 3. The molecule has 1 aromatic carbocycles. The molecule has 0 bridgehead atoms. The van der Waals surface area contributed by atoms with Gasteiger partial charge in [0, 0.05) is 0 Å². The third-order valence-electron chi connectivity index (χ3n) is 4.23. The number of anilines is 1. The lowest BCUT2D eigenvalue weighted by molar-refractivity contribution is -0.156. The summed E-state index contributed by atoms with van der Waals surface area (Å²) in [6.07, 6.45) is -1.05. The fraction of sp³-hybridized carbons (Fsp3) is 0.381. The fourth-order valence-electron chi connectivity index (χ4n) is 2.57. The lowest BCUT2D eigenvalue weighted by Crippen LogP contribution is -2.47. The molecule has 1 aromatic heterocycles. The van der Waals surface area contributed by atoms with Crippen molar-refractivity contribution in [3.63, 3.8) is 0 Å². The summed E-state index contributed by atoms with van der Waals surface area (Å²) >= 11 is 1.28. The van der Waals surface area contributed by atoms with Gasteiger partial charge >= 0.3 is 5.97 Å². The highest BCUT2D eigenvalue weighted by molar-refractivity contribution is 7.12. The van der Waals surface area contributed by atoms with E-state index >= 15 is 0 Å². The van der Waals surface area contributed by atoms with Crippen molar-refractivity contribution in [3.8, 4) is 5.75 Å². The zero-order valence-electron chi connectivity index (χ0n) is 17.1. The maximum absolute atomic E-state index is 12.6. The molecule has 0 saturated carbocycles. The molecule has 8 heteroatoms. The second-order valence-corrected chi connectivity index (χ2v) is 7.89. The van der Waals surface area contributed by atoms with Gasteiger partial charge < -0.3 is 20.1 Å². The van der Waals surface area contributed by atoms with E-state index in [4.69, 9.17) is 9.47 Å². The van der Waals surface area contributed by atoms with Crippen LogP contribution in [0, 0.1) is 12.8 Å². The van der Waals surface area contributed by atoms with E-state index in [1.54, 1.807) is 43.5 Å². The Bertz CT molecular complexity index is 864. The van der Waals surface area contributed by atoms with Gasteiger partial charge in [0.1, 0.15) is 11.8 Å². The van der Waals surface area contributed by atoms with Crippen molar-refractivity contribution in [1.82, 2.24) is 5.32 Å². The third kappa shape index (κ3) is 6.05. The average molecular weight is 419 g/mol. The number of hydrogen-bond donors (Lipinski definition) is 2. The smallest absolute Gasteiger partial charge is 0.329 e.